The molecule has 3 rings (SSSR count). The molecule has 148 valence electrons. The molecule has 2 aromatic rings. The van der Waals surface area contributed by atoms with Gasteiger partial charge in [-0.25, -0.2) is 0 Å². The first-order chi connectivity index (χ1) is 13.6. The van der Waals surface area contributed by atoms with Crippen LogP contribution in [-0.4, -0.2) is 54.5 Å². The van der Waals surface area contributed by atoms with Gasteiger partial charge in [-0.2, -0.15) is 0 Å². The van der Waals surface area contributed by atoms with Gasteiger partial charge in [0, 0.05) is 32.4 Å². The Hall–Kier alpha value is -3.02. The van der Waals surface area contributed by atoms with Crippen LogP contribution in [0.15, 0.2) is 54.6 Å². The lowest BCUT2D eigenvalue weighted by Crippen LogP contribution is -2.46. The maximum absolute atomic E-state index is 12.7. The van der Waals surface area contributed by atoms with Crippen LogP contribution in [0.3, 0.4) is 0 Å². The van der Waals surface area contributed by atoms with Crippen LogP contribution in [0.5, 0.6) is 5.75 Å². The Labute approximate surface area is 165 Å². The van der Waals surface area contributed by atoms with E-state index in [2.05, 4.69) is 22.3 Å². The highest BCUT2D eigenvalue weighted by Crippen LogP contribution is 2.24. The topological polar surface area (TPSA) is 72.9 Å². The number of para-hydroxylation sites is 2. The Morgan fingerprint density at radius 2 is 1.86 bits per heavy atom. The maximum Gasteiger partial charge on any atom is 0.258 e. The SMILES string of the molecule is CN(CCCNC(=O)C1CCCN1C(=O)c1ccccc1O)c1ccccc1. The highest BCUT2D eigenvalue weighted by molar-refractivity contribution is 5.99. The highest BCUT2D eigenvalue weighted by atomic mass is 16.3. The number of benzene rings is 2. The van der Waals surface area contributed by atoms with E-state index in [1.165, 1.54) is 6.07 Å². The summed E-state index contributed by atoms with van der Waals surface area (Å²) in [6.45, 7) is 1.92. The molecule has 1 saturated heterocycles. The van der Waals surface area contributed by atoms with Gasteiger partial charge in [0.05, 0.1) is 5.56 Å². The van der Waals surface area contributed by atoms with Crippen LogP contribution in [0, 0.1) is 0 Å². The molecule has 0 aromatic heterocycles. The molecule has 0 spiro atoms. The summed E-state index contributed by atoms with van der Waals surface area (Å²) in [5.74, 6) is -0.467. The fraction of sp³-hybridized carbons (Fsp3) is 0.364. The summed E-state index contributed by atoms with van der Waals surface area (Å²) >= 11 is 0. The average molecular weight is 381 g/mol. The van der Waals surface area contributed by atoms with E-state index in [0.29, 0.717) is 19.5 Å². The molecule has 0 saturated carbocycles. The van der Waals surface area contributed by atoms with E-state index >= 15 is 0 Å². The number of hydrogen-bond acceptors (Lipinski definition) is 4. The molecule has 1 aliphatic rings. The number of nitrogens with zero attached hydrogens (tertiary/aromatic N) is 2. The molecule has 2 aromatic carbocycles. The second-order valence-electron chi connectivity index (χ2n) is 7.08. The zero-order valence-corrected chi connectivity index (χ0v) is 16.2. The molecule has 6 nitrogen and oxygen atoms in total. The fourth-order valence-electron chi connectivity index (χ4n) is 3.55. The molecule has 2 amide bonds. The van der Waals surface area contributed by atoms with Gasteiger partial charge in [0.25, 0.3) is 5.91 Å². The molecule has 0 aliphatic carbocycles. The number of aromatic hydroxyl groups is 1. The third kappa shape index (κ3) is 4.63. The number of rotatable bonds is 7. The van der Waals surface area contributed by atoms with Crippen LogP contribution in [0.2, 0.25) is 0 Å². The summed E-state index contributed by atoms with van der Waals surface area (Å²) in [7, 11) is 2.03. The Balaban J connectivity index is 1.49. The van der Waals surface area contributed by atoms with E-state index in [1.807, 2.05) is 25.2 Å². The van der Waals surface area contributed by atoms with E-state index in [4.69, 9.17) is 0 Å². The number of anilines is 1. The predicted molar refractivity (Wildman–Crippen MR) is 110 cm³/mol. The quantitative estimate of drug-likeness (QED) is 0.723. The van der Waals surface area contributed by atoms with E-state index < -0.39 is 6.04 Å². The molecule has 1 atom stereocenters. The lowest BCUT2D eigenvalue weighted by atomic mass is 10.1. The third-order valence-electron chi connectivity index (χ3n) is 5.12. The summed E-state index contributed by atoms with van der Waals surface area (Å²) in [5, 5.41) is 12.9. The number of nitrogens with one attached hydrogen (secondary N) is 1. The third-order valence-corrected chi connectivity index (χ3v) is 5.12. The van der Waals surface area contributed by atoms with Crippen molar-refractivity contribution in [3.05, 3.63) is 60.2 Å². The molecule has 6 heteroatoms. The zero-order valence-electron chi connectivity index (χ0n) is 16.2. The van der Waals surface area contributed by atoms with Crippen LogP contribution in [-0.2, 0) is 4.79 Å². The van der Waals surface area contributed by atoms with Crippen molar-refractivity contribution in [2.75, 3.05) is 31.6 Å². The van der Waals surface area contributed by atoms with Crippen LogP contribution in [0.4, 0.5) is 5.69 Å². The van der Waals surface area contributed by atoms with Crippen LogP contribution < -0.4 is 10.2 Å². The predicted octanol–water partition coefficient (Wildman–Crippen LogP) is 2.64. The van der Waals surface area contributed by atoms with Crippen molar-refractivity contribution in [2.24, 2.45) is 0 Å². The summed E-state index contributed by atoms with van der Waals surface area (Å²) in [4.78, 5) is 29.1. The molecule has 1 heterocycles. The van der Waals surface area contributed by atoms with Gasteiger partial charge in [-0.15, -0.1) is 0 Å². The minimum Gasteiger partial charge on any atom is -0.507 e. The number of phenols is 1. The normalized spacial score (nSPS) is 16.0. The van der Waals surface area contributed by atoms with Gasteiger partial charge in [0.15, 0.2) is 0 Å². The van der Waals surface area contributed by atoms with Crippen LogP contribution >= 0.6 is 0 Å². The van der Waals surface area contributed by atoms with Crippen LogP contribution in [0.25, 0.3) is 0 Å². The summed E-state index contributed by atoms with van der Waals surface area (Å²) < 4.78 is 0. The minimum absolute atomic E-state index is 0.0532. The zero-order chi connectivity index (χ0) is 19.9. The number of carbonyl (C=O) groups excluding carboxylic acids is 2. The van der Waals surface area contributed by atoms with Crippen molar-refractivity contribution in [1.82, 2.24) is 10.2 Å². The van der Waals surface area contributed by atoms with Gasteiger partial charge in [-0.3, -0.25) is 9.59 Å². The van der Waals surface area contributed by atoms with Gasteiger partial charge in [0.1, 0.15) is 11.8 Å². The molecule has 1 aliphatic heterocycles. The lowest BCUT2D eigenvalue weighted by molar-refractivity contribution is -0.124. The Kier molecular flexibility index (Phi) is 6.53. The number of carbonyl (C=O) groups is 2. The monoisotopic (exact) mass is 381 g/mol. The van der Waals surface area contributed by atoms with E-state index in [1.54, 1.807) is 23.1 Å². The second-order valence-corrected chi connectivity index (χ2v) is 7.08. The molecular weight excluding hydrogens is 354 g/mol. The molecular formula is C22H27N3O3. The van der Waals surface area contributed by atoms with Crippen molar-refractivity contribution in [3.8, 4) is 5.75 Å². The van der Waals surface area contributed by atoms with Crippen molar-refractivity contribution in [3.63, 3.8) is 0 Å². The smallest absolute Gasteiger partial charge is 0.258 e. The standard InChI is InChI=1S/C22H27N3O3/c1-24(17-9-3-2-4-10-17)15-8-14-23-21(27)19-12-7-16-25(19)22(28)18-11-5-6-13-20(18)26/h2-6,9-11,13,19,26H,7-8,12,14-16H2,1H3,(H,23,27). The van der Waals surface area contributed by atoms with Crippen molar-refractivity contribution >= 4 is 17.5 Å². The highest BCUT2D eigenvalue weighted by Gasteiger charge is 2.35. The molecule has 28 heavy (non-hydrogen) atoms. The summed E-state index contributed by atoms with van der Waals surface area (Å²) in [6, 6.07) is 16.1. The van der Waals surface area contributed by atoms with Gasteiger partial charge < -0.3 is 20.2 Å². The molecule has 0 radical (unpaired) electrons. The van der Waals surface area contributed by atoms with Gasteiger partial charge in [-0.1, -0.05) is 30.3 Å². The largest absolute Gasteiger partial charge is 0.507 e. The first-order valence-electron chi connectivity index (χ1n) is 9.71. The second kappa shape index (κ2) is 9.26. The number of amides is 2. The molecule has 0 bridgehead atoms. The van der Waals surface area contributed by atoms with E-state index in [0.717, 1.165) is 25.1 Å². The van der Waals surface area contributed by atoms with Crippen molar-refractivity contribution in [2.45, 2.75) is 25.3 Å². The minimum atomic E-state index is -0.473. The van der Waals surface area contributed by atoms with Crippen LogP contribution in [0.1, 0.15) is 29.6 Å². The Morgan fingerprint density at radius 1 is 1.14 bits per heavy atom. The number of likely N-dealkylation sites (tertiary alicyclic amines) is 1. The first-order valence-corrected chi connectivity index (χ1v) is 9.71. The van der Waals surface area contributed by atoms with Crippen molar-refractivity contribution in [1.29, 1.82) is 0 Å². The first kappa shape index (κ1) is 19.7. The van der Waals surface area contributed by atoms with E-state index in [9.17, 15) is 14.7 Å². The molecule has 2 N–H and O–H groups in total. The summed E-state index contributed by atoms with van der Waals surface area (Å²) in [5.41, 5.74) is 1.38. The van der Waals surface area contributed by atoms with Crippen molar-refractivity contribution < 1.29 is 14.7 Å². The lowest BCUT2D eigenvalue weighted by Gasteiger charge is -2.24. The Bertz CT molecular complexity index is 810. The summed E-state index contributed by atoms with van der Waals surface area (Å²) in [6.07, 6.45) is 2.25. The van der Waals surface area contributed by atoms with E-state index in [-0.39, 0.29) is 23.1 Å². The van der Waals surface area contributed by atoms with Gasteiger partial charge in [0.2, 0.25) is 5.91 Å². The molecule has 1 fully saturated rings. The van der Waals surface area contributed by atoms with Gasteiger partial charge >= 0.3 is 0 Å². The number of phenolic OH excluding ortho intramolecular Hbond substituents is 1. The Morgan fingerprint density at radius 3 is 2.61 bits per heavy atom. The number of hydrogen-bond donors (Lipinski definition) is 2. The average Bonchev–Trinajstić information content (AvgIpc) is 3.21. The molecule has 1 unspecified atom stereocenters. The maximum atomic E-state index is 12.7. The van der Waals surface area contributed by atoms with Gasteiger partial charge in [-0.05, 0) is 43.5 Å². The fourth-order valence-corrected chi connectivity index (χ4v) is 3.55.